The molecule has 8 nitrogen and oxygen atoms in total. The minimum Gasteiger partial charge on any atom is -0.382 e. The lowest BCUT2D eigenvalue weighted by Crippen LogP contribution is -2.10. The Morgan fingerprint density at radius 1 is 1.10 bits per heavy atom. The lowest BCUT2D eigenvalue weighted by atomic mass is 10.1. The molecule has 0 aliphatic carbocycles. The van der Waals surface area contributed by atoms with Gasteiger partial charge >= 0.3 is 0 Å². The van der Waals surface area contributed by atoms with E-state index in [1.807, 2.05) is 54.6 Å². The fourth-order valence-electron chi connectivity index (χ4n) is 3.21. The summed E-state index contributed by atoms with van der Waals surface area (Å²) < 4.78 is 1.87. The van der Waals surface area contributed by atoms with Crippen LogP contribution < -0.4 is 16.8 Å². The van der Waals surface area contributed by atoms with Gasteiger partial charge in [0, 0.05) is 29.7 Å². The molecule has 0 saturated heterocycles. The van der Waals surface area contributed by atoms with Crippen LogP contribution in [0, 0.1) is 6.92 Å². The number of imidazole rings is 1. The average molecular weight is 389 g/mol. The first-order chi connectivity index (χ1) is 13.9. The highest BCUT2D eigenvalue weighted by Gasteiger charge is 2.18. The lowest BCUT2D eigenvalue weighted by molar-refractivity contribution is 0.207. The predicted octanol–water partition coefficient (Wildman–Crippen LogP) is 2.80. The van der Waals surface area contributed by atoms with Crippen molar-refractivity contribution in [3.63, 3.8) is 0 Å². The SMILES string of the molecule is Cc1ccc(NC(O)c2ccc(-c3nc([C@H](C)N)n4ccnc(N)c34)cc2)nc1. The highest BCUT2D eigenvalue weighted by Crippen LogP contribution is 2.30. The van der Waals surface area contributed by atoms with Crippen LogP contribution in [0.1, 0.15) is 36.1 Å². The van der Waals surface area contributed by atoms with E-state index in [0.29, 0.717) is 28.7 Å². The molecule has 1 aromatic carbocycles. The number of hydrogen-bond acceptors (Lipinski definition) is 7. The van der Waals surface area contributed by atoms with Crippen LogP contribution in [0.15, 0.2) is 55.0 Å². The number of fused-ring (bicyclic) bond motifs is 1. The second kappa shape index (κ2) is 7.50. The molecule has 148 valence electrons. The number of benzene rings is 1. The first kappa shape index (κ1) is 18.9. The fraction of sp³-hybridized carbons (Fsp3) is 0.190. The standard InChI is InChI=1S/C21H23N7O/c1-12-3-8-16(25-11-12)26-21(29)15-6-4-14(5-7-15)17-18-19(23)24-9-10-28(18)20(27-17)13(2)22/h3-11,13,21,29H,22H2,1-2H3,(H2,23,24)(H,25,26)/t13-,21?/m0/s1. The highest BCUT2D eigenvalue weighted by atomic mass is 16.3. The molecule has 8 heteroatoms. The summed E-state index contributed by atoms with van der Waals surface area (Å²) in [5.41, 5.74) is 16.2. The van der Waals surface area contributed by atoms with Gasteiger partial charge in [-0.3, -0.25) is 4.40 Å². The zero-order chi connectivity index (χ0) is 20.5. The van der Waals surface area contributed by atoms with E-state index in [1.54, 1.807) is 18.6 Å². The number of hydrogen-bond donors (Lipinski definition) is 4. The predicted molar refractivity (Wildman–Crippen MR) is 113 cm³/mol. The number of pyridine rings is 1. The van der Waals surface area contributed by atoms with Crippen molar-refractivity contribution in [2.75, 3.05) is 11.1 Å². The molecular weight excluding hydrogens is 366 g/mol. The second-order valence-corrected chi connectivity index (χ2v) is 7.03. The Kier molecular flexibility index (Phi) is 4.87. The van der Waals surface area contributed by atoms with Crippen molar-refractivity contribution < 1.29 is 5.11 Å². The van der Waals surface area contributed by atoms with Crippen molar-refractivity contribution in [3.05, 3.63) is 71.9 Å². The van der Waals surface area contributed by atoms with Crippen LogP contribution >= 0.6 is 0 Å². The number of aliphatic hydroxyl groups excluding tert-OH is 1. The first-order valence-electron chi connectivity index (χ1n) is 9.29. The quantitative estimate of drug-likeness (QED) is 0.386. The maximum atomic E-state index is 10.5. The summed E-state index contributed by atoms with van der Waals surface area (Å²) in [6, 6.07) is 11.0. The van der Waals surface area contributed by atoms with Crippen molar-refractivity contribution in [2.24, 2.45) is 5.73 Å². The van der Waals surface area contributed by atoms with Crippen molar-refractivity contribution in [2.45, 2.75) is 26.1 Å². The van der Waals surface area contributed by atoms with E-state index in [0.717, 1.165) is 16.6 Å². The van der Waals surface area contributed by atoms with Crippen molar-refractivity contribution in [1.29, 1.82) is 0 Å². The number of aryl methyl sites for hydroxylation is 1. The molecule has 2 atom stereocenters. The third-order valence-electron chi connectivity index (χ3n) is 4.71. The topological polar surface area (TPSA) is 127 Å². The smallest absolute Gasteiger partial charge is 0.151 e. The highest BCUT2D eigenvalue weighted by molar-refractivity contribution is 5.85. The Hall–Kier alpha value is -3.49. The summed E-state index contributed by atoms with van der Waals surface area (Å²) >= 11 is 0. The molecule has 4 rings (SSSR count). The van der Waals surface area contributed by atoms with Crippen LogP contribution in [-0.4, -0.2) is 24.5 Å². The summed E-state index contributed by atoms with van der Waals surface area (Å²) in [4.78, 5) is 13.1. The number of nitrogens with two attached hydrogens (primary N) is 2. The minimum atomic E-state index is -0.885. The number of aromatic nitrogens is 4. The van der Waals surface area contributed by atoms with Crippen LogP contribution in [0.3, 0.4) is 0 Å². The molecule has 0 radical (unpaired) electrons. The van der Waals surface area contributed by atoms with E-state index >= 15 is 0 Å². The summed E-state index contributed by atoms with van der Waals surface area (Å²) in [6.45, 7) is 3.84. The van der Waals surface area contributed by atoms with E-state index in [2.05, 4.69) is 15.3 Å². The molecule has 0 fully saturated rings. The van der Waals surface area contributed by atoms with Crippen molar-refractivity contribution >= 4 is 17.2 Å². The van der Waals surface area contributed by atoms with Crippen LogP contribution in [0.4, 0.5) is 11.6 Å². The Balaban J connectivity index is 1.65. The largest absolute Gasteiger partial charge is 0.382 e. The van der Waals surface area contributed by atoms with E-state index in [-0.39, 0.29) is 6.04 Å². The van der Waals surface area contributed by atoms with Crippen LogP contribution in [0.25, 0.3) is 16.8 Å². The molecule has 0 aliphatic rings. The zero-order valence-electron chi connectivity index (χ0n) is 16.2. The molecule has 1 unspecified atom stereocenters. The molecular formula is C21H23N7O. The second-order valence-electron chi connectivity index (χ2n) is 7.03. The van der Waals surface area contributed by atoms with Gasteiger partial charge in [0.2, 0.25) is 0 Å². The molecule has 0 amide bonds. The summed E-state index contributed by atoms with van der Waals surface area (Å²) in [7, 11) is 0. The third kappa shape index (κ3) is 3.63. The molecule has 0 saturated carbocycles. The summed E-state index contributed by atoms with van der Waals surface area (Å²) in [5.74, 6) is 1.70. The maximum absolute atomic E-state index is 10.5. The van der Waals surface area contributed by atoms with Crippen LogP contribution in [0.5, 0.6) is 0 Å². The van der Waals surface area contributed by atoms with E-state index in [4.69, 9.17) is 16.5 Å². The van der Waals surface area contributed by atoms with E-state index in [9.17, 15) is 5.11 Å². The fourth-order valence-corrected chi connectivity index (χ4v) is 3.21. The van der Waals surface area contributed by atoms with Crippen molar-refractivity contribution in [3.8, 4) is 11.3 Å². The average Bonchev–Trinajstić information content (AvgIpc) is 3.11. The Morgan fingerprint density at radius 3 is 2.52 bits per heavy atom. The molecule has 29 heavy (non-hydrogen) atoms. The number of nitrogens with one attached hydrogen (secondary N) is 1. The van der Waals surface area contributed by atoms with E-state index < -0.39 is 6.23 Å². The molecule has 3 aromatic heterocycles. The van der Waals surface area contributed by atoms with Crippen LogP contribution in [0.2, 0.25) is 0 Å². The number of anilines is 2. The Morgan fingerprint density at radius 2 is 1.86 bits per heavy atom. The summed E-state index contributed by atoms with van der Waals surface area (Å²) in [6.07, 6.45) is 4.29. The van der Waals surface area contributed by atoms with Crippen molar-refractivity contribution in [1.82, 2.24) is 19.4 Å². The normalized spacial score (nSPS) is 13.4. The first-order valence-corrected chi connectivity index (χ1v) is 9.29. The van der Waals surface area contributed by atoms with Gasteiger partial charge in [0.15, 0.2) is 6.23 Å². The van der Waals surface area contributed by atoms with Gasteiger partial charge in [-0.2, -0.15) is 0 Å². The van der Waals surface area contributed by atoms with Gasteiger partial charge in [-0.15, -0.1) is 0 Å². The number of nitrogen functional groups attached to an aromatic ring is 1. The number of rotatable bonds is 5. The molecule has 6 N–H and O–H groups in total. The molecule has 3 heterocycles. The van der Waals surface area contributed by atoms with Gasteiger partial charge in [0.1, 0.15) is 28.7 Å². The Bertz CT molecular complexity index is 1130. The van der Waals surface area contributed by atoms with Gasteiger partial charge in [-0.05, 0) is 25.5 Å². The lowest BCUT2D eigenvalue weighted by Gasteiger charge is -2.14. The number of nitrogens with zero attached hydrogens (tertiary/aromatic N) is 4. The zero-order valence-corrected chi connectivity index (χ0v) is 16.2. The van der Waals surface area contributed by atoms with Gasteiger partial charge in [0.05, 0.1) is 6.04 Å². The molecule has 0 aliphatic heterocycles. The Labute approximate surface area is 168 Å². The monoisotopic (exact) mass is 389 g/mol. The molecule has 0 bridgehead atoms. The third-order valence-corrected chi connectivity index (χ3v) is 4.71. The van der Waals surface area contributed by atoms with E-state index in [1.165, 1.54) is 0 Å². The molecule has 4 aromatic rings. The van der Waals surface area contributed by atoms with Crippen LogP contribution in [-0.2, 0) is 0 Å². The summed E-state index contributed by atoms with van der Waals surface area (Å²) in [5, 5.41) is 13.5. The maximum Gasteiger partial charge on any atom is 0.151 e. The van der Waals surface area contributed by atoms with Gasteiger partial charge < -0.3 is 21.9 Å². The number of aliphatic hydroxyl groups is 1. The van der Waals surface area contributed by atoms with Gasteiger partial charge in [-0.25, -0.2) is 15.0 Å². The van der Waals surface area contributed by atoms with Gasteiger partial charge in [-0.1, -0.05) is 30.3 Å². The van der Waals surface area contributed by atoms with Gasteiger partial charge in [0.25, 0.3) is 0 Å². The molecule has 0 spiro atoms. The minimum absolute atomic E-state index is 0.259.